The molecule has 7 heteroatoms. The van der Waals surface area contributed by atoms with Gasteiger partial charge in [-0.2, -0.15) is 4.68 Å². The average molecular weight is 324 g/mol. The van der Waals surface area contributed by atoms with Crippen LogP contribution in [0.3, 0.4) is 0 Å². The number of aromatic nitrogens is 4. The second-order valence-electron chi connectivity index (χ2n) is 5.42. The molecule has 1 fully saturated rings. The molecular weight excluding hydrogens is 304 g/mol. The van der Waals surface area contributed by atoms with Crippen LogP contribution >= 0.6 is 0 Å². The standard InChI is InChI=1S/C17H20N6O/c1-2-3-5-10-16(24)21-11-13-22(14-12-21)17-18-19-20-23(17)15-8-6-4-7-9-15/h2-10H,11-14H2,1H3/b3-2+,10-5+. The van der Waals surface area contributed by atoms with Gasteiger partial charge in [0, 0.05) is 32.3 Å². The van der Waals surface area contributed by atoms with Gasteiger partial charge in [0.25, 0.3) is 0 Å². The minimum Gasteiger partial charge on any atom is -0.336 e. The SMILES string of the molecule is C/C=C/C=C/C(=O)N1CCN(c2nnnn2-c2ccccc2)CC1. The zero-order valence-electron chi connectivity index (χ0n) is 13.6. The lowest BCUT2D eigenvalue weighted by atomic mass is 10.3. The lowest BCUT2D eigenvalue weighted by Crippen LogP contribution is -2.49. The van der Waals surface area contributed by atoms with Crippen LogP contribution in [-0.2, 0) is 4.79 Å². The normalized spacial score (nSPS) is 15.5. The summed E-state index contributed by atoms with van der Waals surface area (Å²) in [5.74, 6) is 0.744. The second kappa shape index (κ2) is 7.54. The molecule has 2 heterocycles. The summed E-state index contributed by atoms with van der Waals surface area (Å²) in [4.78, 5) is 16.0. The molecule has 7 nitrogen and oxygen atoms in total. The largest absolute Gasteiger partial charge is 0.336 e. The molecule has 0 atom stereocenters. The van der Waals surface area contributed by atoms with Gasteiger partial charge in [0.05, 0.1) is 5.69 Å². The molecule has 0 saturated carbocycles. The van der Waals surface area contributed by atoms with Gasteiger partial charge in [-0.3, -0.25) is 4.79 Å². The number of hydrogen-bond acceptors (Lipinski definition) is 5. The van der Waals surface area contributed by atoms with Crippen LogP contribution in [0.2, 0.25) is 0 Å². The molecule has 0 radical (unpaired) electrons. The Bertz CT molecular complexity index is 729. The molecule has 3 rings (SSSR count). The number of allylic oxidation sites excluding steroid dienone is 3. The van der Waals surface area contributed by atoms with Gasteiger partial charge in [0.1, 0.15) is 0 Å². The van der Waals surface area contributed by atoms with Crippen molar-refractivity contribution in [2.24, 2.45) is 0 Å². The summed E-state index contributed by atoms with van der Waals surface area (Å²) >= 11 is 0. The van der Waals surface area contributed by atoms with Crippen molar-refractivity contribution in [3.05, 3.63) is 54.6 Å². The number of nitrogens with zero attached hydrogens (tertiary/aromatic N) is 6. The van der Waals surface area contributed by atoms with E-state index in [1.807, 2.05) is 54.3 Å². The highest BCUT2D eigenvalue weighted by Crippen LogP contribution is 2.17. The van der Waals surface area contributed by atoms with Crippen molar-refractivity contribution < 1.29 is 4.79 Å². The van der Waals surface area contributed by atoms with Gasteiger partial charge in [-0.25, -0.2) is 0 Å². The lowest BCUT2D eigenvalue weighted by molar-refractivity contribution is -0.126. The first kappa shape index (κ1) is 15.9. The Hall–Kier alpha value is -2.96. The first-order valence-electron chi connectivity index (χ1n) is 7.96. The van der Waals surface area contributed by atoms with E-state index in [0.29, 0.717) is 32.1 Å². The third-order valence-electron chi connectivity index (χ3n) is 3.87. The monoisotopic (exact) mass is 324 g/mol. The molecule has 1 aliphatic rings. The van der Waals surface area contributed by atoms with Crippen molar-refractivity contribution in [3.63, 3.8) is 0 Å². The number of carbonyl (C=O) groups is 1. The summed E-state index contributed by atoms with van der Waals surface area (Å²) < 4.78 is 1.73. The quantitative estimate of drug-likeness (QED) is 0.629. The number of carbonyl (C=O) groups excluding carboxylic acids is 1. The molecule has 0 unspecified atom stereocenters. The molecule has 24 heavy (non-hydrogen) atoms. The topological polar surface area (TPSA) is 67.2 Å². The number of tetrazole rings is 1. The Morgan fingerprint density at radius 1 is 1.08 bits per heavy atom. The zero-order chi connectivity index (χ0) is 16.8. The van der Waals surface area contributed by atoms with E-state index < -0.39 is 0 Å². The first-order chi connectivity index (χ1) is 11.8. The fourth-order valence-corrected chi connectivity index (χ4v) is 2.60. The molecule has 1 saturated heterocycles. The van der Waals surface area contributed by atoms with Crippen LogP contribution in [0.4, 0.5) is 5.95 Å². The second-order valence-corrected chi connectivity index (χ2v) is 5.42. The predicted octanol–water partition coefficient (Wildman–Crippen LogP) is 1.44. The van der Waals surface area contributed by atoms with Gasteiger partial charge < -0.3 is 9.80 Å². The van der Waals surface area contributed by atoms with E-state index in [0.717, 1.165) is 5.69 Å². The fourth-order valence-electron chi connectivity index (χ4n) is 2.60. The van der Waals surface area contributed by atoms with E-state index in [2.05, 4.69) is 20.4 Å². The third-order valence-corrected chi connectivity index (χ3v) is 3.87. The van der Waals surface area contributed by atoms with Crippen molar-refractivity contribution in [1.82, 2.24) is 25.1 Å². The number of hydrogen-bond donors (Lipinski definition) is 0. The highest BCUT2D eigenvalue weighted by atomic mass is 16.2. The summed E-state index contributed by atoms with van der Waals surface area (Å²) in [7, 11) is 0. The molecule has 0 N–H and O–H groups in total. The molecule has 1 aromatic heterocycles. The summed E-state index contributed by atoms with van der Waals surface area (Å²) in [6.45, 7) is 4.64. The summed E-state index contributed by atoms with van der Waals surface area (Å²) in [5.41, 5.74) is 0.922. The van der Waals surface area contributed by atoms with Crippen LogP contribution in [0.5, 0.6) is 0 Å². The van der Waals surface area contributed by atoms with Gasteiger partial charge in [-0.1, -0.05) is 41.5 Å². The highest BCUT2D eigenvalue weighted by molar-refractivity contribution is 5.88. The molecule has 1 aliphatic heterocycles. The van der Waals surface area contributed by atoms with Crippen LogP contribution in [0, 0.1) is 0 Å². The summed E-state index contributed by atoms with van der Waals surface area (Å²) in [6.07, 6.45) is 7.11. The number of para-hydroxylation sites is 1. The number of benzene rings is 1. The molecule has 1 aromatic carbocycles. The van der Waals surface area contributed by atoms with E-state index in [4.69, 9.17) is 0 Å². The number of piperazine rings is 1. The molecule has 2 aromatic rings. The lowest BCUT2D eigenvalue weighted by Gasteiger charge is -2.34. The zero-order valence-corrected chi connectivity index (χ0v) is 13.6. The Kier molecular flexibility index (Phi) is 5.00. The summed E-state index contributed by atoms with van der Waals surface area (Å²) in [6, 6.07) is 9.79. The van der Waals surface area contributed by atoms with Crippen molar-refractivity contribution in [2.75, 3.05) is 31.1 Å². The van der Waals surface area contributed by atoms with Gasteiger partial charge in [0.2, 0.25) is 11.9 Å². The number of amides is 1. The molecular formula is C17H20N6O. The molecule has 0 spiro atoms. The van der Waals surface area contributed by atoms with E-state index >= 15 is 0 Å². The third kappa shape index (κ3) is 3.51. The van der Waals surface area contributed by atoms with Crippen LogP contribution < -0.4 is 4.90 Å². The Morgan fingerprint density at radius 2 is 1.83 bits per heavy atom. The van der Waals surface area contributed by atoms with E-state index in [-0.39, 0.29) is 5.91 Å². The van der Waals surface area contributed by atoms with E-state index in [1.54, 1.807) is 16.8 Å². The Labute approximate surface area is 140 Å². The van der Waals surface area contributed by atoms with E-state index in [9.17, 15) is 4.79 Å². The van der Waals surface area contributed by atoms with Gasteiger partial charge >= 0.3 is 0 Å². The smallest absolute Gasteiger partial charge is 0.250 e. The molecule has 0 bridgehead atoms. The first-order valence-corrected chi connectivity index (χ1v) is 7.96. The van der Waals surface area contributed by atoms with Gasteiger partial charge in [0.15, 0.2) is 0 Å². The molecule has 1 amide bonds. The van der Waals surface area contributed by atoms with Crippen molar-refractivity contribution in [2.45, 2.75) is 6.92 Å². The van der Waals surface area contributed by atoms with E-state index in [1.165, 1.54) is 0 Å². The van der Waals surface area contributed by atoms with Crippen LogP contribution in [-0.4, -0.2) is 57.2 Å². The van der Waals surface area contributed by atoms with Crippen molar-refractivity contribution in [3.8, 4) is 5.69 Å². The molecule has 0 aliphatic carbocycles. The minimum atomic E-state index is 0.0374. The maximum Gasteiger partial charge on any atom is 0.250 e. The number of anilines is 1. The fraction of sp³-hybridized carbons (Fsp3) is 0.294. The summed E-state index contributed by atoms with van der Waals surface area (Å²) in [5, 5.41) is 12.0. The van der Waals surface area contributed by atoms with Crippen molar-refractivity contribution in [1.29, 1.82) is 0 Å². The molecule has 124 valence electrons. The van der Waals surface area contributed by atoms with Gasteiger partial charge in [-0.15, -0.1) is 0 Å². The highest BCUT2D eigenvalue weighted by Gasteiger charge is 2.23. The van der Waals surface area contributed by atoms with Crippen LogP contribution in [0.1, 0.15) is 6.92 Å². The Morgan fingerprint density at radius 3 is 2.54 bits per heavy atom. The minimum absolute atomic E-state index is 0.0374. The van der Waals surface area contributed by atoms with Crippen LogP contribution in [0.25, 0.3) is 5.69 Å². The maximum absolute atomic E-state index is 12.1. The average Bonchev–Trinajstić information content (AvgIpc) is 3.12. The number of rotatable bonds is 4. The Balaban J connectivity index is 1.66. The maximum atomic E-state index is 12.1. The van der Waals surface area contributed by atoms with Gasteiger partial charge in [-0.05, 0) is 29.5 Å². The predicted molar refractivity (Wildman–Crippen MR) is 91.9 cm³/mol. The van der Waals surface area contributed by atoms with Crippen molar-refractivity contribution >= 4 is 11.9 Å². The van der Waals surface area contributed by atoms with Crippen LogP contribution in [0.15, 0.2) is 54.6 Å².